The van der Waals surface area contributed by atoms with E-state index in [1.807, 2.05) is 13.8 Å². The van der Waals surface area contributed by atoms with Gasteiger partial charge in [-0.25, -0.2) is 4.79 Å². The van der Waals surface area contributed by atoms with Gasteiger partial charge in [0.2, 0.25) is 0 Å². The summed E-state index contributed by atoms with van der Waals surface area (Å²) in [5.74, 6) is 0.108. The van der Waals surface area contributed by atoms with E-state index in [0.29, 0.717) is 13.0 Å². The van der Waals surface area contributed by atoms with Gasteiger partial charge in [0.1, 0.15) is 5.54 Å². The van der Waals surface area contributed by atoms with Crippen LogP contribution >= 0.6 is 0 Å². The minimum Gasteiger partial charge on any atom is -0.372 e. The van der Waals surface area contributed by atoms with Crippen LogP contribution in [0.3, 0.4) is 0 Å². The van der Waals surface area contributed by atoms with Crippen molar-refractivity contribution in [2.24, 2.45) is 5.92 Å². The molecule has 4 rings (SSSR count). The van der Waals surface area contributed by atoms with Crippen LogP contribution in [0.5, 0.6) is 0 Å². The highest BCUT2D eigenvalue weighted by Gasteiger charge is 2.54. The van der Waals surface area contributed by atoms with Gasteiger partial charge >= 0.3 is 6.03 Å². The number of hydrogen-bond acceptors (Lipinski definition) is 4. The van der Waals surface area contributed by atoms with Crippen molar-refractivity contribution in [1.82, 2.24) is 15.1 Å². The third-order valence-electron chi connectivity index (χ3n) is 7.29. The van der Waals surface area contributed by atoms with E-state index in [-0.39, 0.29) is 17.9 Å². The second-order valence-electron chi connectivity index (χ2n) is 9.51. The molecule has 1 atom stereocenters. The van der Waals surface area contributed by atoms with E-state index in [4.69, 9.17) is 0 Å². The molecule has 3 fully saturated rings. The number of benzene rings is 1. The standard InChI is InChI=1S/C25H36N4O2/c1-4-25(23(30)29(17-19(2)3)24(31)26-25)21-11-15-27(16-12-21)18-20-7-9-22(10-8-20)28-13-5-6-14-28/h7-10,21H,2,4-6,11-18H2,1,3H3,(H,26,31). The van der Waals surface area contributed by atoms with Crippen LogP contribution in [0.1, 0.15) is 51.5 Å². The Morgan fingerprint density at radius 1 is 1.10 bits per heavy atom. The van der Waals surface area contributed by atoms with E-state index in [0.717, 1.165) is 38.0 Å². The van der Waals surface area contributed by atoms with Crippen molar-refractivity contribution in [3.05, 3.63) is 42.0 Å². The van der Waals surface area contributed by atoms with Gasteiger partial charge in [-0.1, -0.05) is 31.2 Å². The number of anilines is 1. The Labute approximate surface area is 186 Å². The molecule has 1 unspecified atom stereocenters. The molecule has 3 aliphatic rings. The number of carbonyl (C=O) groups is 2. The third-order valence-corrected chi connectivity index (χ3v) is 7.29. The smallest absolute Gasteiger partial charge is 0.325 e. The molecule has 0 spiro atoms. The van der Waals surface area contributed by atoms with Gasteiger partial charge in [-0.2, -0.15) is 0 Å². The summed E-state index contributed by atoms with van der Waals surface area (Å²) >= 11 is 0. The third kappa shape index (κ3) is 4.36. The Hall–Kier alpha value is -2.34. The monoisotopic (exact) mass is 424 g/mol. The second-order valence-corrected chi connectivity index (χ2v) is 9.51. The molecular weight excluding hydrogens is 388 g/mol. The van der Waals surface area contributed by atoms with E-state index in [1.165, 1.54) is 42.1 Å². The van der Waals surface area contributed by atoms with Gasteiger partial charge in [0, 0.05) is 25.3 Å². The summed E-state index contributed by atoms with van der Waals surface area (Å²) in [5, 5.41) is 3.06. The highest BCUT2D eigenvalue weighted by atomic mass is 16.2. The summed E-state index contributed by atoms with van der Waals surface area (Å²) < 4.78 is 0. The number of nitrogens with zero attached hydrogens (tertiary/aromatic N) is 3. The normalized spacial score (nSPS) is 25.4. The molecular formula is C25H36N4O2. The number of amides is 3. The molecule has 3 heterocycles. The quantitative estimate of drug-likeness (QED) is 0.535. The summed E-state index contributed by atoms with van der Waals surface area (Å²) in [6.07, 6.45) is 5.07. The van der Waals surface area contributed by atoms with Crippen molar-refractivity contribution in [3.63, 3.8) is 0 Å². The van der Waals surface area contributed by atoms with Gasteiger partial charge in [0.05, 0.1) is 6.54 Å². The number of rotatable bonds is 7. The molecule has 3 amide bonds. The largest absolute Gasteiger partial charge is 0.372 e. The predicted octanol–water partition coefficient (Wildman–Crippen LogP) is 3.78. The molecule has 1 aromatic rings. The minimum atomic E-state index is -0.754. The zero-order valence-corrected chi connectivity index (χ0v) is 19.0. The first-order chi connectivity index (χ1) is 14.9. The summed E-state index contributed by atoms with van der Waals surface area (Å²) in [7, 11) is 0. The molecule has 0 aliphatic carbocycles. The van der Waals surface area contributed by atoms with Crippen LogP contribution in [0, 0.1) is 5.92 Å². The number of piperidine rings is 1. The molecule has 6 heteroatoms. The molecule has 1 N–H and O–H groups in total. The Bertz CT molecular complexity index is 822. The Morgan fingerprint density at radius 2 is 1.74 bits per heavy atom. The lowest BCUT2D eigenvalue weighted by Gasteiger charge is -2.40. The van der Waals surface area contributed by atoms with Gasteiger partial charge in [-0.05, 0) is 75.7 Å². The summed E-state index contributed by atoms with van der Waals surface area (Å²) in [6, 6.07) is 8.74. The van der Waals surface area contributed by atoms with E-state index in [9.17, 15) is 9.59 Å². The topological polar surface area (TPSA) is 55.9 Å². The highest BCUT2D eigenvalue weighted by Crippen LogP contribution is 2.36. The van der Waals surface area contributed by atoms with Gasteiger partial charge in [-0.3, -0.25) is 14.6 Å². The van der Waals surface area contributed by atoms with Crippen LogP contribution < -0.4 is 10.2 Å². The van der Waals surface area contributed by atoms with Crippen molar-refractivity contribution in [1.29, 1.82) is 0 Å². The van der Waals surface area contributed by atoms with E-state index in [1.54, 1.807) is 0 Å². The van der Waals surface area contributed by atoms with Crippen LogP contribution in [0.2, 0.25) is 0 Å². The van der Waals surface area contributed by atoms with Gasteiger partial charge in [0.15, 0.2) is 0 Å². The lowest BCUT2D eigenvalue weighted by molar-refractivity contribution is -0.134. The van der Waals surface area contributed by atoms with E-state index < -0.39 is 5.54 Å². The number of urea groups is 1. The fraction of sp³-hybridized carbons (Fsp3) is 0.600. The predicted molar refractivity (Wildman–Crippen MR) is 124 cm³/mol. The first-order valence-electron chi connectivity index (χ1n) is 11.8. The average molecular weight is 425 g/mol. The Kier molecular flexibility index (Phi) is 6.37. The molecule has 0 saturated carbocycles. The van der Waals surface area contributed by atoms with Crippen LogP contribution in [0.4, 0.5) is 10.5 Å². The van der Waals surface area contributed by atoms with Crippen molar-refractivity contribution >= 4 is 17.6 Å². The lowest BCUT2D eigenvalue weighted by atomic mass is 9.75. The fourth-order valence-electron chi connectivity index (χ4n) is 5.49. The maximum atomic E-state index is 13.2. The summed E-state index contributed by atoms with van der Waals surface area (Å²) in [4.78, 5) is 32.0. The van der Waals surface area contributed by atoms with Crippen molar-refractivity contribution in [2.75, 3.05) is 37.6 Å². The Morgan fingerprint density at radius 3 is 2.32 bits per heavy atom. The molecule has 3 saturated heterocycles. The lowest BCUT2D eigenvalue weighted by Crippen LogP contribution is -2.55. The van der Waals surface area contributed by atoms with E-state index in [2.05, 4.69) is 46.0 Å². The molecule has 6 nitrogen and oxygen atoms in total. The van der Waals surface area contributed by atoms with Gasteiger partial charge in [-0.15, -0.1) is 0 Å². The molecule has 0 radical (unpaired) electrons. The molecule has 1 aromatic carbocycles. The number of carbonyl (C=O) groups excluding carboxylic acids is 2. The number of hydrogen-bond donors (Lipinski definition) is 1. The zero-order valence-electron chi connectivity index (χ0n) is 19.0. The van der Waals surface area contributed by atoms with Crippen LogP contribution in [0.15, 0.2) is 36.4 Å². The van der Waals surface area contributed by atoms with Gasteiger partial charge in [0.25, 0.3) is 5.91 Å². The van der Waals surface area contributed by atoms with Crippen LogP contribution in [0.25, 0.3) is 0 Å². The molecule has 31 heavy (non-hydrogen) atoms. The first-order valence-corrected chi connectivity index (χ1v) is 11.8. The SMILES string of the molecule is C=C(C)CN1C(=O)NC(CC)(C2CCN(Cc3ccc(N4CCCC4)cc3)CC2)C1=O. The van der Waals surface area contributed by atoms with Crippen molar-refractivity contribution < 1.29 is 9.59 Å². The van der Waals surface area contributed by atoms with Crippen molar-refractivity contribution in [3.8, 4) is 0 Å². The Balaban J connectivity index is 1.35. The highest BCUT2D eigenvalue weighted by molar-refractivity contribution is 6.07. The van der Waals surface area contributed by atoms with Crippen LogP contribution in [-0.2, 0) is 11.3 Å². The second kappa shape index (κ2) is 9.03. The molecule has 0 aromatic heterocycles. The molecule has 0 bridgehead atoms. The van der Waals surface area contributed by atoms with Crippen molar-refractivity contribution in [2.45, 2.75) is 58.0 Å². The average Bonchev–Trinajstić information content (AvgIpc) is 3.38. The molecule has 3 aliphatic heterocycles. The maximum absolute atomic E-state index is 13.2. The number of imide groups is 1. The zero-order chi connectivity index (χ0) is 22.0. The fourth-order valence-corrected chi connectivity index (χ4v) is 5.49. The minimum absolute atomic E-state index is 0.0704. The van der Waals surface area contributed by atoms with E-state index >= 15 is 0 Å². The summed E-state index contributed by atoms with van der Waals surface area (Å²) in [5.41, 5.74) is 2.74. The van der Waals surface area contributed by atoms with Crippen LogP contribution in [-0.4, -0.2) is 60.0 Å². The maximum Gasteiger partial charge on any atom is 0.325 e. The number of nitrogens with one attached hydrogen (secondary N) is 1. The first kappa shape index (κ1) is 21.9. The number of likely N-dealkylation sites (tertiary alicyclic amines) is 1. The molecule has 168 valence electrons. The summed E-state index contributed by atoms with van der Waals surface area (Å²) in [6.45, 7) is 13.2. The van der Waals surface area contributed by atoms with Gasteiger partial charge < -0.3 is 10.2 Å².